The van der Waals surface area contributed by atoms with E-state index in [1.54, 1.807) is 19.1 Å². The molecule has 0 amide bonds. The third kappa shape index (κ3) is 6.20. The Bertz CT molecular complexity index is 1750. The summed E-state index contributed by atoms with van der Waals surface area (Å²) < 4.78 is 67.7. The SMILES string of the molecule is Cc1nn(-c2cnc(Nc3ccnc(-c4cnn(S(=O)(=O)C5CC5)c4)n3)cc2NC2CCC(C)(O)CC2)cc1C(F)(F)F. The van der Waals surface area contributed by atoms with Gasteiger partial charge in [0.15, 0.2) is 5.82 Å². The first-order valence-electron chi connectivity index (χ1n) is 13.8. The zero-order valence-corrected chi connectivity index (χ0v) is 24.2. The minimum atomic E-state index is -4.55. The monoisotopic (exact) mass is 617 g/mol. The molecule has 4 aromatic rings. The van der Waals surface area contributed by atoms with Crippen LogP contribution in [0.3, 0.4) is 0 Å². The van der Waals surface area contributed by atoms with Crippen LogP contribution in [0.5, 0.6) is 0 Å². The van der Waals surface area contributed by atoms with Crippen molar-refractivity contribution in [2.75, 3.05) is 10.6 Å². The van der Waals surface area contributed by atoms with Crippen LogP contribution in [0.15, 0.2) is 43.1 Å². The Morgan fingerprint density at radius 3 is 2.49 bits per heavy atom. The second-order valence-electron chi connectivity index (χ2n) is 11.3. The molecule has 4 aromatic heterocycles. The van der Waals surface area contributed by atoms with Crippen molar-refractivity contribution in [2.45, 2.75) is 75.4 Å². The van der Waals surface area contributed by atoms with Gasteiger partial charge in [0, 0.05) is 24.5 Å². The highest BCUT2D eigenvalue weighted by atomic mass is 32.2. The van der Waals surface area contributed by atoms with Crippen LogP contribution in [-0.4, -0.2) is 64.3 Å². The zero-order chi connectivity index (χ0) is 30.6. The molecule has 0 atom stereocenters. The van der Waals surface area contributed by atoms with E-state index in [2.05, 4.69) is 35.8 Å². The third-order valence-corrected chi connectivity index (χ3v) is 9.73. The number of aromatic nitrogens is 7. The van der Waals surface area contributed by atoms with Crippen LogP contribution in [0.2, 0.25) is 0 Å². The van der Waals surface area contributed by atoms with Gasteiger partial charge in [0.1, 0.15) is 17.3 Å². The summed E-state index contributed by atoms with van der Waals surface area (Å²) in [5.74, 6) is 0.959. The Morgan fingerprint density at radius 2 is 1.81 bits per heavy atom. The van der Waals surface area contributed by atoms with Crippen molar-refractivity contribution in [2.24, 2.45) is 0 Å². The van der Waals surface area contributed by atoms with Gasteiger partial charge < -0.3 is 15.7 Å². The highest BCUT2D eigenvalue weighted by molar-refractivity contribution is 7.90. The van der Waals surface area contributed by atoms with E-state index < -0.39 is 32.6 Å². The summed E-state index contributed by atoms with van der Waals surface area (Å²) in [6.45, 7) is 3.10. The van der Waals surface area contributed by atoms with Gasteiger partial charge in [-0.15, -0.1) is 0 Å². The van der Waals surface area contributed by atoms with Crippen LogP contribution >= 0.6 is 0 Å². The van der Waals surface area contributed by atoms with E-state index in [0.717, 1.165) is 15.0 Å². The highest BCUT2D eigenvalue weighted by Gasteiger charge is 2.38. The van der Waals surface area contributed by atoms with Crippen molar-refractivity contribution in [3.8, 4) is 17.1 Å². The number of rotatable bonds is 8. The average Bonchev–Trinajstić information content (AvgIpc) is 3.55. The van der Waals surface area contributed by atoms with Gasteiger partial charge in [-0.05, 0) is 58.4 Å². The molecule has 0 radical (unpaired) electrons. The number of hydrogen-bond donors (Lipinski definition) is 3. The summed E-state index contributed by atoms with van der Waals surface area (Å²) in [7, 11) is -3.54. The maximum absolute atomic E-state index is 13.5. The predicted octanol–water partition coefficient (Wildman–Crippen LogP) is 4.44. The molecule has 4 heterocycles. The van der Waals surface area contributed by atoms with Gasteiger partial charge in [0.2, 0.25) is 0 Å². The maximum Gasteiger partial charge on any atom is 0.419 e. The average molecular weight is 618 g/mol. The van der Waals surface area contributed by atoms with E-state index >= 15 is 0 Å². The number of nitrogens with one attached hydrogen (secondary N) is 2. The maximum atomic E-state index is 13.5. The van der Waals surface area contributed by atoms with Crippen molar-refractivity contribution in [1.82, 2.24) is 33.9 Å². The van der Waals surface area contributed by atoms with E-state index in [4.69, 9.17) is 0 Å². The molecule has 2 aliphatic rings. The molecule has 2 aliphatic carbocycles. The molecule has 16 heteroatoms. The van der Waals surface area contributed by atoms with Gasteiger partial charge in [-0.1, -0.05) is 0 Å². The van der Waals surface area contributed by atoms with Crippen LogP contribution < -0.4 is 10.6 Å². The van der Waals surface area contributed by atoms with Crippen LogP contribution in [0.1, 0.15) is 56.7 Å². The number of anilines is 3. The van der Waals surface area contributed by atoms with E-state index in [0.29, 0.717) is 67.1 Å². The van der Waals surface area contributed by atoms with Crippen molar-refractivity contribution < 1.29 is 26.7 Å². The first-order chi connectivity index (χ1) is 20.3. The predicted molar refractivity (Wildman–Crippen MR) is 151 cm³/mol. The van der Waals surface area contributed by atoms with Crippen LogP contribution in [0.4, 0.5) is 30.5 Å². The zero-order valence-electron chi connectivity index (χ0n) is 23.4. The molecule has 0 aliphatic heterocycles. The Kier molecular flexibility index (Phi) is 7.15. The summed E-state index contributed by atoms with van der Waals surface area (Å²) in [6, 6.07) is 3.24. The highest BCUT2D eigenvalue weighted by Crippen LogP contribution is 2.35. The molecule has 6 rings (SSSR count). The van der Waals surface area contributed by atoms with Crippen molar-refractivity contribution in [1.29, 1.82) is 0 Å². The lowest BCUT2D eigenvalue weighted by atomic mass is 9.83. The molecule has 12 nitrogen and oxygen atoms in total. The van der Waals surface area contributed by atoms with E-state index in [1.807, 2.05) is 0 Å². The van der Waals surface area contributed by atoms with Crippen LogP contribution in [-0.2, 0) is 16.2 Å². The fourth-order valence-electron chi connectivity index (χ4n) is 5.06. The molecule has 2 fully saturated rings. The lowest BCUT2D eigenvalue weighted by molar-refractivity contribution is -0.138. The minimum Gasteiger partial charge on any atom is -0.390 e. The number of nitrogens with zero attached hydrogens (tertiary/aromatic N) is 7. The Labute approximate surface area is 245 Å². The van der Waals surface area contributed by atoms with E-state index in [-0.39, 0.29) is 17.6 Å². The van der Waals surface area contributed by atoms with Gasteiger partial charge in [-0.2, -0.15) is 27.5 Å². The van der Waals surface area contributed by atoms with Gasteiger partial charge in [-0.3, -0.25) is 0 Å². The Hall–Kier alpha value is -4.05. The van der Waals surface area contributed by atoms with Crippen molar-refractivity contribution in [3.05, 3.63) is 54.4 Å². The summed E-state index contributed by atoms with van der Waals surface area (Å²) in [5.41, 5.74) is -0.501. The van der Waals surface area contributed by atoms with Crippen molar-refractivity contribution >= 4 is 27.3 Å². The summed E-state index contributed by atoms with van der Waals surface area (Å²) in [6.07, 6.45) is 5.81. The van der Waals surface area contributed by atoms with Crippen LogP contribution in [0, 0.1) is 6.92 Å². The molecule has 0 saturated heterocycles. The third-order valence-electron chi connectivity index (χ3n) is 7.69. The Morgan fingerprint density at radius 1 is 1.07 bits per heavy atom. The fraction of sp³-hybridized carbons (Fsp3) is 0.444. The lowest BCUT2D eigenvalue weighted by Gasteiger charge is -2.34. The summed E-state index contributed by atoms with van der Waals surface area (Å²) >= 11 is 0. The molecular formula is C27H30F3N9O3S. The van der Waals surface area contributed by atoms with Gasteiger partial charge >= 0.3 is 6.18 Å². The lowest BCUT2D eigenvalue weighted by Crippen LogP contribution is -2.36. The molecule has 2 saturated carbocycles. The molecule has 0 unspecified atom stereocenters. The molecule has 0 bridgehead atoms. The topological polar surface area (TPSA) is 153 Å². The molecule has 0 spiro atoms. The molecule has 43 heavy (non-hydrogen) atoms. The number of aliphatic hydroxyl groups is 1. The second kappa shape index (κ2) is 10.6. The molecule has 3 N–H and O–H groups in total. The quantitative estimate of drug-likeness (QED) is 0.259. The number of hydrogen-bond acceptors (Lipinski definition) is 10. The second-order valence-corrected chi connectivity index (χ2v) is 13.4. The normalized spacial score (nSPS) is 21.1. The molecular weight excluding hydrogens is 587 g/mol. The molecule has 228 valence electrons. The summed E-state index contributed by atoms with van der Waals surface area (Å²) in [5, 5.41) is 24.5. The standard InChI is InChI=1S/C27H30F3N9O3S/c1-16-20(27(28,29)30)15-38(37-16)22-13-32-24(11-21(22)34-18-5-8-26(2,40)9-6-18)35-23-7-10-31-25(36-23)17-12-33-39(14-17)43(41,42)19-3-4-19/h7,10-15,18-19,40H,3-6,8-9H2,1-2H3,(H2,31,32,34,35,36). The number of halogens is 3. The van der Waals surface area contributed by atoms with E-state index in [1.165, 1.54) is 31.7 Å². The fourth-order valence-corrected chi connectivity index (χ4v) is 6.53. The first kappa shape index (κ1) is 29.0. The minimum absolute atomic E-state index is 0.0259. The largest absolute Gasteiger partial charge is 0.419 e. The van der Waals surface area contributed by atoms with Crippen molar-refractivity contribution in [3.63, 3.8) is 0 Å². The number of alkyl halides is 3. The first-order valence-corrected chi connectivity index (χ1v) is 15.3. The van der Waals surface area contributed by atoms with E-state index in [9.17, 15) is 26.7 Å². The van der Waals surface area contributed by atoms with Gasteiger partial charge in [0.25, 0.3) is 10.0 Å². The molecule has 0 aromatic carbocycles. The number of aryl methyl sites for hydroxylation is 1. The smallest absolute Gasteiger partial charge is 0.390 e. The van der Waals surface area contributed by atoms with Gasteiger partial charge in [-0.25, -0.2) is 28.1 Å². The number of pyridine rings is 1. The van der Waals surface area contributed by atoms with Crippen LogP contribution in [0.25, 0.3) is 17.1 Å². The summed E-state index contributed by atoms with van der Waals surface area (Å²) in [4.78, 5) is 13.1. The van der Waals surface area contributed by atoms with Gasteiger partial charge in [0.05, 0.1) is 51.9 Å². The Balaban J connectivity index is 1.28.